The third-order valence-electron chi connectivity index (χ3n) is 5.15. The fraction of sp³-hybridized carbons (Fsp3) is 0.667. The molecule has 0 bridgehead atoms. The van der Waals surface area contributed by atoms with Crippen LogP contribution < -0.4 is 14.9 Å². The van der Waals surface area contributed by atoms with Crippen LogP contribution >= 0.6 is 0 Å². The normalized spacial score (nSPS) is 19.9. The molecule has 1 fully saturated rings. The molecule has 1 aromatic rings. The highest BCUT2D eigenvalue weighted by atomic mass is 32.2. The molecular formula is C21H34FN3O4S. The van der Waals surface area contributed by atoms with Gasteiger partial charge in [-0.15, -0.1) is 0 Å². The van der Waals surface area contributed by atoms with Crippen molar-refractivity contribution in [3.8, 4) is 0 Å². The molecule has 170 valence electrons. The van der Waals surface area contributed by atoms with E-state index in [1.807, 2.05) is 19.9 Å². The molecule has 0 aliphatic carbocycles. The van der Waals surface area contributed by atoms with Crippen LogP contribution in [0.15, 0.2) is 12.1 Å². The van der Waals surface area contributed by atoms with E-state index in [-0.39, 0.29) is 36.8 Å². The summed E-state index contributed by atoms with van der Waals surface area (Å²) in [6.45, 7) is 10.6. The third kappa shape index (κ3) is 6.65. The Labute approximate surface area is 179 Å². The number of carbonyl (C=O) groups is 1. The van der Waals surface area contributed by atoms with Crippen molar-refractivity contribution in [2.45, 2.75) is 71.3 Å². The zero-order valence-corrected chi connectivity index (χ0v) is 19.3. The maximum atomic E-state index is 14.9. The molecule has 0 saturated carbocycles. The summed E-state index contributed by atoms with van der Waals surface area (Å²) in [4.78, 5) is 14.3. The zero-order valence-electron chi connectivity index (χ0n) is 18.5. The Bertz CT molecular complexity index is 835. The molecule has 0 unspecified atom stereocenters. The lowest BCUT2D eigenvalue weighted by Crippen LogP contribution is -2.45. The number of benzene rings is 1. The number of hydrogen-bond acceptors (Lipinski definition) is 5. The monoisotopic (exact) mass is 443 g/mol. The lowest BCUT2D eigenvalue weighted by Gasteiger charge is -2.37. The molecule has 2 atom stereocenters. The van der Waals surface area contributed by atoms with Crippen LogP contribution in [0.25, 0.3) is 0 Å². The molecule has 0 spiro atoms. The zero-order chi connectivity index (χ0) is 22.5. The number of unbranched alkanes of at least 4 members (excludes halogenated alkanes) is 1. The van der Waals surface area contributed by atoms with Crippen molar-refractivity contribution in [3.63, 3.8) is 0 Å². The Morgan fingerprint density at radius 3 is 2.47 bits per heavy atom. The van der Waals surface area contributed by atoms with Crippen LogP contribution in [0.1, 0.15) is 52.5 Å². The number of anilines is 2. The van der Waals surface area contributed by atoms with E-state index in [9.17, 15) is 17.6 Å². The molecule has 1 aromatic carbocycles. The van der Waals surface area contributed by atoms with Gasteiger partial charge in [-0.3, -0.25) is 4.79 Å². The van der Waals surface area contributed by atoms with Crippen molar-refractivity contribution < 1.29 is 22.3 Å². The molecule has 1 heterocycles. The van der Waals surface area contributed by atoms with Crippen molar-refractivity contribution in [1.82, 2.24) is 4.72 Å². The van der Waals surface area contributed by atoms with Gasteiger partial charge >= 0.3 is 0 Å². The predicted molar refractivity (Wildman–Crippen MR) is 118 cm³/mol. The summed E-state index contributed by atoms with van der Waals surface area (Å²) >= 11 is 0. The van der Waals surface area contributed by atoms with Crippen LogP contribution in [0.3, 0.4) is 0 Å². The third-order valence-corrected chi connectivity index (χ3v) is 6.99. The second-order valence-electron chi connectivity index (χ2n) is 8.23. The fourth-order valence-electron chi connectivity index (χ4n) is 3.49. The first-order valence-electron chi connectivity index (χ1n) is 10.5. The number of amides is 1. The van der Waals surface area contributed by atoms with E-state index < -0.39 is 21.1 Å². The number of hydrogen-bond donors (Lipinski definition) is 2. The number of nitrogens with one attached hydrogen (secondary N) is 2. The van der Waals surface area contributed by atoms with E-state index in [2.05, 4.69) is 14.9 Å². The van der Waals surface area contributed by atoms with E-state index in [1.165, 1.54) is 0 Å². The number of rotatable bonds is 9. The molecular weight excluding hydrogens is 409 g/mol. The van der Waals surface area contributed by atoms with Crippen molar-refractivity contribution in [2.75, 3.05) is 29.9 Å². The molecule has 1 aliphatic rings. The Balaban J connectivity index is 1.88. The average molecular weight is 444 g/mol. The van der Waals surface area contributed by atoms with Gasteiger partial charge in [0.15, 0.2) is 5.82 Å². The topological polar surface area (TPSA) is 87.7 Å². The lowest BCUT2D eigenvalue weighted by molar-refractivity contribution is -0.116. The average Bonchev–Trinajstić information content (AvgIpc) is 2.64. The number of nitrogens with zero attached hydrogens (tertiary/aromatic N) is 1. The highest BCUT2D eigenvalue weighted by molar-refractivity contribution is 7.90. The van der Waals surface area contributed by atoms with Gasteiger partial charge in [0, 0.05) is 37.3 Å². The van der Waals surface area contributed by atoms with Crippen LogP contribution in [-0.4, -0.2) is 51.4 Å². The smallest absolute Gasteiger partial charge is 0.224 e. The summed E-state index contributed by atoms with van der Waals surface area (Å²) in [6.07, 6.45) is 1.38. The summed E-state index contributed by atoms with van der Waals surface area (Å²) in [5.74, 6) is -0.723. The van der Waals surface area contributed by atoms with Gasteiger partial charge in [-0.05, 0) is 59.6 Å². The molecule has 1 amide bonds. The molecule has 2 N–H and O–H groups in total. The largest absolute Gasteiger partial charge is 0.372 e. The minimum atomic E-state index is -3.29. The summed E-state index contributed by atoms with van der Waals surface area (Å²) in [6, 6.07) is 3.43. The van der Waals surface area contributed by atoms with Crippen LogP contribution in [-0.2, 0) is 19.6 Å². The molecule has 2 rings (SSSR count). The fourth-order valence-corrected chi connectivity index (χ4v) is 4.26. The van der Waals surface area contributed by atoms with E-state index in [4.69, 9.17) is 4.74 Å². The number of morpholine rings is 1. The van der Waals surface area contributed by atoms with Crippen molar-refractivity contribution in [3.05, 3.63) is 23.5 Å². The van der Waals surface area contributed by atoms with Gasteiger partial charge in [-0.2, -0.15) is 0 Å². The Morgan fingerprint density at radius 1 is 1.23 bits per heavy atom. The standard InChI is InChI=1S/C21H34FN3O4S/c1-14(2)30(27,28)23-11-7-6-8-20(26)24-18-9-10-19(17(5)21(18)22)25-12-15(3)29-16(4)13-25/h9-10,14-16,23H,6-8,11-13H2,1-5H3,(H,24,26)/t15-,16+. The number of carbonyl (C=O) groups excluding carboxylic acids is 1. The summed E-state index contributed by atoms with van der Waals surface area (Å²) < 4.78 is 46.5. The SMILES string of the molecule is Cc1c(N2C[C@@H](C)O[C@@H](C)C2)ccc(NC(=O)CCCCNS(=O)(=O)C(C)C)c1F. The van der Waals surface area contributed by atoms with Crippen LogP contribution in [0.5, 0.6) is 0 Å². The number of sulfonamides is 1. The quantitative estimate of drug-likeness (QED) is 0.573. The van der Waals surface area contributed by atoms with Gasteiger partial charge in [0.25, 0.3) is 0 Å². The highest BCUT2D eigenvalue weighted by Gasteiger charge is 2.25. The molecule has 9 heteroatoms. The van der Waals surface area contributed by atoms with Gasteiger partial charge in [0.05, 0.1) is 23.1 Å². The van der Waals surface area contributed by atoms with Crippen molar-refractivity contribution in [1.29, 1.82) is 0 Å². The Kier molecular flexibility index (Phi) is 8.63. The van der Waals surface area contributed by atoms with Crippen molar-refractivity contribution in [2.24, 2.45) is 0 Å². The molecule has 0 aromatic heterocycles. The van der Waals surface area contributed by atoms with E-state index in [0.717, 1.165) is 5.69 Å². The number of ether oxygens (including phenoxy) is 1. The second kappa shape index (κ2) is 10.5. The van der Waals surface area contributed by atoms with E-state index >= 15 is 0 Å². The van der Waals surface area contributed by atoms with Gasteiger partial charge in [-0.1, -0.05) is 0 Å². The van der Waals surface area contributed by atoms with Gasteiger partial charge in [0.1, 0.15) is 0 Å². The maximum absolute atomic E-state index is 14.9. The minimum Gasteiger partial charge on any atom is -0.372 e. The van der Waals surface area contributed by atoms with E-state index in [1.54, 1.807) is 26.8 Å². The Hall–Kier alpha value is -1.71. The van der Waals surface area contributed by atoms with Gasteiger partial charge in [0.2, 0.25) is 15.9 Å². The van der Waals surface area contributed by atoms with Crippen LogP contribution in [0.4, 0.5) is 15.8 Å². The highest BCUT2D eigenvalue weighted by Crippen LogP contribution is 2.30. The maximum Gasteiger partial charge on any atom is 0.224 e. The summed E-state index contributed by atoms with van der Waals surface area (Å²) in [5.41, 5.74) is 1.47. The van der Waals surface area contributed by atoms with Gasteiger partial charge < -0.3 is 15.0 Å². The number of halogens is 1. The summed E-state index contributed by atoms with van der Waals surface area (Å²) in [5, 5.41) is 2.14. The lowest BCUT2D eigenvalue weighted by atomic mass is 10.1. The molecule has 0 radical (unpaired) electrons. The molecule has 30 heavy (non-hydrogen) atoms. The van der Waals surface area contributed by atoms with Crippen LogP contribution in [0.2, 0.25) is 0 Å². The minimum absolute atomic E-state index is 0.0700. The van der Waals surface area contributed by atoms with Crippen molar-refractivity contribution >= 4 is 27.3 Å². The second-order valence-corrected chi connectivity index (χ2v) is 10.5. The first-order valence-corrected chi connectivity index (χ1v) is 12.0. The molecule has 1 aliphatic heterocycles. The first-order chi connectivity index (χ1) is 14.0. The van der Waals surface area contributed by atoms with Crippen LogP contribution in [0, 0.1) is 12.7 Å². The summed E-state index contributed by atoms with van der Waals surface area (Å²) in [7, 11) is -3.29. The van der Waals surface area contributed by atoms with Gasteiger partial charge in [-0.25, -0.2) is 17.5 Å². The Morgan fingerprint density at radius 2 is 1.87 bits per heavy atom. The first kappa shape index (κ1) is 24.6. The van der Waals surface area contributed by atoms with E-state index in [0.29, 0.717) is 31.5 Å². The molecule has 1 saturated heterocycles. The molecule has 7 nitrogen and oxygen atoms in total. The predicted octanol–water partition coefficient (Wildman–Crippen LogP) is 3.18.